The average molecular weight is 501 g/mol. The first-order valence-electron chi connectivity index (χ1n) is 11.4. The molecule has 1 aromatic heterocycles. The fourth-order valence-corrected chi connectivity index (χ4v) is 4.37. The molecule has 2 heterocycles. The SMILES string of the molecule is COc1cc(CNC(=O)C2CCN(Cc3nc(-c4cccc(Cl)c4)no3)CC2)cc(OC)c1OC. The van der Waals surface area contributed by atoms with Crippen molar-refractivity contribution in [3.05, 3.63) is 52.9 Å². The van der Waals surface area contributed by atoms with Crippen molar-refractivity contribution in [2.75, 3.05) is 34.4 Å². The normalized spacial score (nSPS) is 14.5. The summed E-state index contributed by atoms with van der Waals surface area (Å²) in [4.78, 5) is 19.5. The Bertz CT molecular complexity index is 1140. The first-order valence-corrected chi connectivity index (χ1v) is 11.8. The van der Waals surface area contributed by atoms with Crippen molar-refractivity contribution >= 4 is 17.5 Å². The Morgan fingerprint density at radius 1 is 1.11 bits per heavy atom. The van der Waals surface area contributed by atoms with Crippen LogP contribution < -0.4 is 19.5 Å². The van der Waals surface area contributed by atoms with E-state index in [0.29, 0.717) is 47.1 Å². The third kappa shape index (κ3) is 6.04. The smallest absolute Gasteiger partial charge is 0.241 e. The summed E-state index contributed by atoms with van der Waals surface area (Å²) in [5, 5.41) is 7.73. The standard InChI is InChI=1S/C25H29ClN4O5/c1-32-20-11-16(12-21(33-2)23(20)34-3)14-27-25(31)17-7-9-30(10-8-17)15-22-28-24(29-35-22)18-5-4-6-19(26)13-18/h4-6,11-13,17H,7-10,14-15H2,1-3H3,(H,27,31). The van der Waals surface area contributed by atoms with Crippen molar-refractivity contribution in [2.45, 2.75) is 25.9 Å². The number of nitrogens with one attached hydrogen (secondary N) is 1. The van der Waals surface area contributed by atoms with Crippen LogP contribution in [0.5, 0.6) is 17.2 Å². The Labute approximate surface area is 209 Å². The van der Waals surface area contributed by atoms with E-state index < -0.39 is 0 Å². The molecule has 186 valence electrons. The van der Waals surface area contributed by atoms with E-state index in [2.05, 4.69) is 20.4 Å². The van der Waals surface area contributed by atoms with Crippen LogP contribution in [0.15, 0.2) is 40.9 Å². The van der Waals surface area contributed by atoms with Gasteiger partial charge in [-0.15, -0.1) is 0 Å². The molecule has 4 rings (SSSR count). The zero-order valence-electron chi connectivity index (χ0n) is 20.0. The van der Waals surface area contributed by atoms with Gasteiger partial charge < -0.3 is 24.1 Å². The number of carbonyl (C=O) groups excluding carboxylic acids is 1. The number of rotatable bonds is 9. The molecule has 0 unspecified atom stereocenters. The summed E-state index contributed by atoms with van der Waals surface area (Å²) in [6, 6.07) is 11.0. The fraction of sp³-hybridized carbons (Fsp3) is 0.400. The van der Waals surface area contributed by atoms with Crippen molar-refractivity contribution < 1.29 is 23.5 Å². The molecule has 0 bridgehead atoms. The van der Waals surface area contributed by atoms with E-state index in [1.807, 2.05) is 24.3 Å². The van der Waals surface area contributed by atoms with Gasteiger partial charge in [0, 0.05) is 23.0 Å². The van der Waals surface area contributed by atoms with Gasteiger partial charge in [-0.1, -0.05) is 28.9 Å². The van der Waals surface area contributed by atoms with Crippen molar-refractivity contribution in [3.8, 4) is 28.6 Å². The quantitative estimate of drug-likeness (QED) is 0.471. The number of piperidine rings is 1. The van der Waals surface area contributed by atoms with Crippen LogP contribution in [0.2, 0.25) is 5.02 Å². The average Bonchev–Trinajstić information content (AvgIpc) is 3.35. The van der Waals surface area contributed by atoms with E-state index in [0.717, 1.165) is 37.1 Å². The Morgan fingerprint density at radius 3 is 2.46 bits per heavy atom. The monoisotopic (exact) mass is 500 g/mol. The Morgan fingerprint density at radius 2 is 1.83 bits per heavy atom. The third-order valence-electron chi connectivity index (χ3n) is 6.06. The molecule has 1 N–H and O–H groups in total. The molecule has 1 amide bonds. The number of hydrogen-bond acceptors (Lipinski definition) is 8. The lowest BCUT2D eigenvalue weighted by Gasteiger charge is -2.30. The summed E-state index contributed by atoms with van der Waals surface area (Å²) in [6.07, 6.45) is 1.52. The van der Waals surface area contributed by atoms with E-state index in [1.54, 1.807) is 33.5 Å². The molecule has 1 aliphatic rings. The van der Waals surface area contributed by atoms with Gasteiger partial charge in [-0.05, 0) is 55.8 Å². The number of amides is 1. The second kappa shape index (κ2) is 11.4. The highest BCUT2D eigenvalue weighted by molar-refractivity contribution is 6.30. The van der Waals surface area contributed by atoms with Crippen LogP contribution in [-0.4, -0.2) is 55.4 Å². The van der Waals surface area contributed by atoms with E-state index in [4.69, 9.17) is 30.3 Å². The zero-order valence-corrected chi connectivity index (χ0v) is 20.8. The highest BCUT2D eigenvalue weighted by Gasteiger charge is 2.26. The molecule has 2 aromatic carbocycles. The molecular formula is C25H29ClN4O5. The molecule has 10 heteroatoms. The van der Waals surface area contributed by atoms with Gasteiger partial charge in [0.05, 0.1) is 27.9 Å². The number of nitrogens with zero attached hydrogens (tertiary/aromatic N) is 3. The molecule has 0 atom stereocenters. The highest BCUT2D eigenvalue weighted by atomic mass is 35.5. The van der Waals surface area contributed by atoms with E-state index >= 15 is 0 Å². The molecule has 35 heavy (non-hydrogen) atoms. The van der Waals surface area contributed by atoms with Crippen molar-refractivity contribution in [2.24, 2.45) is 5.92 Å². The molecular weight excluding hydrogens is 472 g/mol. The second-order valence-corrected chi connectivity index (χ2v) is 8.76. The second-order valence-electron chi connectivity index (χ2n) is 8.32. The number of likely N-dealkylation sites (tertiary alicyclic amines) is 1. The summed E-state index contributed by atoms with van der Waals surface area (Å²) in [7, 11) is 4.70. The molecule has 1 saturated heterocycles. The van der Waals surface area contributed by atoms with Gasteiger partial charge in [0.15, 0.2) is 11.5 Å². The van der Waals surface area contributed by atoms with Crippen LogP contribution in [0.1, 0.15) is 24.3 Å². The molecule has 0 aliphatic carbocycles. The molecule has 0 saturated carbocycles. The minimum absolute atomic E-state index is 0.0411. The van der Waals surface area contributed by atoms with Crippen LogP contribution in [0.25, 0.3) is 11.4 Å². The molecule has 0 spiro atoms. The summed E-state index contributed by atoms with van der Waals surface area (Å²) < 4.78 is 21.6. The van der Waals surface area contributed by atoms with Crippen molar-refractivity contribution in [1.82, 2.24) is 20.4 Å². The molecule has 1 aliphatic heterocycles. The van der Waals surface area contributed by atoms with Crippen LogP contribution in [0.3, 0.4) is 0 Å². The van der Waals surface area contributed by atoms with Gasteiger partial charge in [0.25, 0.3) is 0 Å². The lowest BCUT2D eigenvalue weighted by Crippen LogP contribution is -2.40. The summed E-state index contributed by atoms with van der Waals surface area (Å²) in [5.74, 6) is 2.71. The van der Waals surface area contributed by atoms with Crippen LogP contribution in [0, 0.1) is 5.92 Å². The van der Waals surface area contributed by atoms with Gasteiger partial charge in [-0.3, -0.25) is 9.69 Å². The highest BCUT2D eigenvalue weighted by Crippen LogP contribution is 2.38. The summed E-state index contributed by atoms with van der Waals surface area (Å²) in [5.41, 5.74) is 1.69. The van der Waals surface area contributed by atoms with Gasteiger partial charge in [-0.25, -0.2) is 0 Å². The third-order valence-corrected chi connectivity index (χ3v) is 6.29. The predicted octanol–water partition coefficient (Wildman–Crippen LogP) is 3.94. The van der Waals surface area contributed by atoms with E-state index in [9.17, 15) is 4.79 Å². The first kappa shape index (κ1) is 24.8. The first-order chi connectivity index (χ1) is 17.0. The van der Waals surface area contributed by atoms with Gasteiger partial charge in [0.2, 0.25) is 23.4 Å². The topological polar surface area (TPSA) is 99.0 Å². The summed E-state index contributed by atoms with van der Waals surface area (Å²) >= 11 is 6.05. The maximum Gasteiger partial charge on any atom is 0.241 e. The number of ether oxygens (including phenoxy) is 3. The van der Waals surface area contributed by atoms with Crippen LogP contribution in [-0.2, 0) is 17.9 Å². The molecule has 9 nitrogen and oxygen atoms in total. The molecule has 0 radical (unpaired) electrons. The molecule has 3 aromatic rings. The number of hydrogen-bond donors (Lipinski definition) is 1. The van der Waals surface area contributed by atoms with Gasteiger partial charge in [0.1, 0.15) is 0 Å². The van der Waals surface area contributed by atoms with Crippen LogP contribution >= 0.6 is 11.6 Å². The lowest BCUT2D eigenvalue weighted by molar-refractivity contribution is -0.126. The minimum Gasteiger partial charge on any atom is -0.493 e. The predicted molar refractivity (Wildman–Crippen MR) is 131 cm³/mol. The van der Waals surface area contributed by atoms with Gasteiger partial charge in [-0.2, -0.15) is 4.98 Å². The number of carbonyl (C=O) groups is 1. The Kier molecular flexibility index (Phi) is 8.09. The fourth-order valence-electron chi connectivity index (χ4n) is 4.18. The van der Waals surface area contributed by atoms with E-state index in [1.165, 1.54) is 0 Å². The minimum atomic E-state index is -0.0435. The largest absolute Gasteiger partial charge is 0.493 e. The van der Waals surface area contributed by atoms with Crippen LogP contribution in [0.4, 0.5) is 0 Å². The van der Waals surface area contributed by atoms with E-state index in [-0.39, 0.29) is 11.8 Å². The Balaban J connectivity index is 1.27. The lowest BCUT2D eigenvalue weighted by atomic mass is 9.96. The Hall–Kier alpha value is -3.30. The van der Waals surface area contributed by atoms with Crippen molar-refractivity contribution in [3.63, 3.8) is 0 Å². The number of halogens is 1. The van der Waals surface area contributed by atoms with Gasteiger partial charge >= 0.3 is 0 Å². The maximum absolute atomic E-state index is 12.8. The number of benzene rings is 2. The molecule has 1 fully saturated rings. The summed E-state index contributed by atoms with van der Waals surface area (Å²) in [6.45, 7) is 2.48. The number of methoxy groups -OCH3 is 3. The maximum atomic E-state index is 12.8. The van der Waals surface area contributed by atoms with Crippen molar-refractivity contribution in [1.29, 1.82) is 0 Å². The zero-order chi connectivity index (χ0) is 24.8. The number of aromatic nitrogens is 2.